The molecule has 1 rings (SSSR count). The monoisotopic (exact) mass is 327 g/mol. The van der Waals surface area contributed by atoms with Crippen LogP contribution >= 0.6 is 15.9 Å². The summed E-state index contributed by atoms with van der Waals surface area (Å²) in [5.41, 5.74) is 6.35. The van der Waals surface area contributed by atoms with Gasteiger partial charge in [-0.15, -0.1) is 0 Å². The van der Waals surface area contributed by atoms with Crippen LogP contribution in [-0.4, -0.2) is 17.8 Å². The largest absolute Gasteiger partial charge is 0.494 e. The zero-order valence-electron chi connectivity index (χ0n) is 11.4. The zero-order valence-corrected chi connectivity index (χ0v) is 13.0. The van der Waals surface area contributed by atoms with Crippen LogP contribution in [0.1, 0.15) is 44.1 Å². The Bertz CT molecular complexity index is 365. The second-order valence-corrected chi connectivity index (χ2v) is 5.43. The van der Waals surface area contributed by atoms with E-state index >= 15 is 0 Å². The smallest absolute Gasteiger partial charge is 0.270 e. The highest BCUT2D eigenvalue weighted by molar-refractivity contribution is 9.09. The number of hydrogen-bond acceptors (Lipinski definition) is 1. The molecular formula is C15H24BrN2O+. The maximum absolute atomic E-state index is 5.67. The molecule has 0 atom stereocenters. The molecule has 1 aromatic carbocycles. The Balaban J connectivity index is 2.07. The lowest BCUT2D eigenvalue weighted by Gasteiger charge is -2.06. The molecular weight excluding hydrogens is 304 g/mol. The molecule has 0 fully saturated rings. The number of hydrogen-bond donors (Lipinski definition) is 2. The molecule has 0 unspecified atom stereocenters. The fourth-order valence-corrected chi connectivity index (χ4v) is 2.23. The van der Waals surface area contributed by atoms with Crippen molar-refractivity contribution in [3.05, 3.63) is 29.8 Å². The first-order valence-electron chi connectivity index (χ1n) is 6.91. The van der Waals surface area contributed by atoms with Gasteiger partial charge in [-0.05, 0) is 37.1 Å². The van der Waals surface area contributed by atoms with E-state index in [4.69, 9.17) is 15.9 Å². The Morgan fingerprint density at radius 1 is 1.00 bits per heavy atom. The molecule has 0 heterocycles. The van der Waals surface area contributed by atoms with Crippen molar-refractivity contribution in [2.45, 2.75) is 38.5 Å². The van der Waals surface area contributed by atoms with Gasteiger partial charge < -0.3 is 4.74 Å². The fraction of sp³-hybridized carbons (Fsp3) is 0.533. The van der Waals surface area contributed by atoms with Crippen LogP contribution in [0.3, 0.4) is 0 Å². The molecule has 0 aromatic heterocycles. The predicted octanol–water partition coefficient (Wildman–Crippen LogP) is 2.27. The number of halogens is 1. The number of unbranched alkanes of at least 4 members (excludes halogenated alkanes) is 5. The number of ether oxygens (including phenoxy) is 1. The molecule has 0 saturated carbocycles. The standard InChI is InChI=1S/C15H23BrN2O/c16-11-5-3-1-2-4-6-12-19-14-9-7-13(8-10-14)15(17)18/h7-10H,1-6,11-12H2,(H3,17,18)/p+1. The van der Waals surface area contributed by atoms with Crippen molar-refractivity contribution in [2.24, 2.45) is 5.73 Å². The van der Waals surface area contributed by atoms with Crippen LogP contribution in [0.2, 0.25) is 0 Å². The highest BCUT2D eigenvalue weighted by atomic mass is 79.9. The Morgan fingerprint density at radius 3 is 2.16 bits per heavy atom. The molecule has 0 aliphatic carbocycles. The fourth-order valence-electron chi connectivity index (χ4n) is 1.84. The summed E-state index contributed by atoms with van der Waals surface area (Å²) in [6, 6.07) is 7.58. The molecule has 106 valence electrons. The molecule has 4 N–H and O–H groups in total. The maximum Gasteiger partial charge on any atom is 0.270 e. The van der Waals surface area contributed by atoms with Crippen LogP contribution in [0.15, 0.2) is 24.3 Å². The quantitative estimate of drug-likeness (QED) is 0.300. The van der Waals surface area contributed by atoms with Crippen LogP contribution in [0.4, 0.5) is 0 Å². The molecule has 0 radical (unpaired) electrons. The van der Waals surface area contributed by atoms with Gasteiger partial charge in [0.2, 0.25) is 0 Å². The molecule has 0 aliphatic rings. The zero-order chi connectivity index (χ0) is 13.9. The number of benzene rings is 1. The first kappa shape index (κ1) is 16.0. The van der Waals surface area contributed by atoms with E-state index in [0.717, 1.165) is 29.7 Å². The summed E-state index contributed by atoms with van der Waals surface area (Å²) >= 11 is 3.45. The second-order valence-electron chi connectivity index (χ2n) is 4.64. The highest BCUT2D eigenvalue weighted by Crippen LogP contribution is 2.13. The lowest BCUT2D eigenvalue weighted by atomic mass is 10.1. The molecule has 19 heavy (non-hydrogen) atoms. The van der Waals surface area contributed by atoms with Crippen molar-refractivity contribution in [1.29, 1.82) is 0 Å². The van der Waals surface area contributed by atoms with E-state index in [-0.39, 0.29) is 0 Å². The Kier molecular flexibility index (Phi) is 8.30. The Hall–Kier alpha value is -1.03. The molecule has 0 amide bonds. The average Bonchev–Trinajstić information content (AvgIpc) is 2.42. The van der Waals surface area contributed by atoms with E-state index in [0.29, 0.717) is 5.84 Å². The van der Waals surface area contributed by atoms with Gasteiger partial charge in [0.05, 0.1) is 12.2 Å². The molecule has 0 aliphatic heterocycles. The van der Waals surface area contributed by atoms with E-state index < -0.39 is 0 Å². The Morgan fingerprint density at radius 2 is 1.58 bits per heavy atom. The van der Waals surface area contributed by atoms with E-state index in [1.165, 1.54) is 32.1 Å². The van der Waals surface area contributed by atoms with Crippen molar-refractivity contribution < 1.29 is 10.1 Å². The number of nitrogens with two attached hydrogens (primary N) is 2. The SMILES string of the molecule is NC(=[NH2+])c1ccc(OCCCCCCCCBr)cc1. The number of amidine groups is 1. The van der Waals surface area contributed by atoms with E-state index in [9.17, 15) is 0 Å². The normalized spacial score (nSPS) is 10.4. The second kappa shape index (κ2) is 9.84. The first-order valence-corrected chi connectivity index (χ1v) is 8.03. The number of rotatable bonds is 10. The molecule has 4 heteroatoms. The summed E-state index contributed by atoms with van der Waals surface area (Å²) in [5.74, 6) is 1.22. The third kappa shape index (κ3) is 7.21. The van der Waals surface area contributed by atoms with Crippen LogP contribution in [0.25, 0.3) is 0 Å². The molecule has 3 nitrogen and oxygen atoms in total. The van der Waals surface area contributed by atoms with E-state index in [1.807, 2.05) is 24.3 Å². The summed E-state index contributed by atoms with van der Waals surface area (Å²) in [5, 5.41) is 6.63. The molecule has 0 saturated heterocycles. The van der Waals surface area contributed by atoms with Crippen LogP contribution < -0.4 is 15.9 Å². The van der Waals surface area contributed by atoms with Gasteiger partial charge in [-0.1, -0.05) is 41.6 Å². The third-order valence-electron chi connectivity index (χ3n) is 2.98. The summed E-state index contributed by atoms with van der Waals surface area (Å²) in [6.45, 7) is 0.777. The van der Waals surface area contributed by atoms with Crippen molar-refractivity contribution in [2.75, 3.05) is 11.9 Å². The summed E-state index contributed by atoms with van der Waals surface area (Å²) in [4.78, 5) is 0. The molecule has 0 spiro atoms. The first-order chi connectivity index (χ1) is 9.24. The van der Waals surface area contributed by atoms with Crippen LogP contribution in [-0.2, 0) is 0 Å². The Labute approximate surface area is 124 Å². The van der Waals surface area contributed by atoms with Gasteiger partial charge in [0.15, 0.2) is 0 Å². The van der Waals surface area contributed by atoms with Gasteiger partial charge in [0.25, 0.3) is 5.84 Å². The maximum atomic E-state index is 5.67. The van der Waals surface area contributed by atoms with Gasteiger partial charge in [0, 0.05) is 5.33 Å². The summed E-state index contributed by atoms with van der Waals surface area (Å²) in [6.07, 6.45) is 7.58. The van der Waals surface area contributed by atoms with Gasteiger partial charge >= 0.3 is 0 Å². The van der Waals surface area contributed by atoms with Crippen molar-refractivity contribution in [1.82, 2.24) is 0 Å². The summed E-state index contributed by atoms with van der Waals surface area (Å²) in [7, 11) is 0. The van der Waals surface area contributed by atoms with E-state index in [1.54, 1.807) is 0 Å². The highest BCUT2D eigenvalue weighted by Gasteiger charge is 2.01. The third-order valence-corrected chi connectivity index (χ3v) is 3.55. The van der Waals surface area contributed by atoms with E-state index in [2.05, 4.69) is 15.9 Å². The topological polar surface area (TPSA) is 60.8 Å². The number of alkyl halides is 1. The van der Waals surface area contributed by atoms with Gasteiger partial charge in [-0.3, -0.25) is 11.1 Å². The van der Waals surface area contributed by atoms with Crippen molar-refractivity contribution in [3.8, 4) is 5.75 Å². The minimum atomic E-state index is 0.343. The summed E-state index contributed by atoms with van der Waals surface area (Å²) < 4.78 is 5.67. The minimum absolute atomic E-state index is 0.343. The molecule has 0 bridgehead atoms. The lowest BCUT2D eigenvalue weighted by molar-refractivity contribution is -0.114. The lowest BCUT2D eigenvalue weighted by Crippen LogP contribution is -2.46. The average molecular weight is 328 g/mol. The van der Waals surface area contributed by atoms with Gasteiger partial charge in [-0.2, -0.15) is 0 Å². The van der Waals surface area contributed by atoms with Crippen molar-refractivity contribution >= 4 is 21.8 Å². The van der Waals surface area contributed by atoms with Crippen molar-refractivity contribution in [3.63, 3.8) is 0 Å². The molecule has 1 aromatic rings. The van der Waals surface area contributed by atoms with Gasteiger partial charge in [-0.25, -0.2) is 0 Å². The predicted molar refractivity (Wildman–Crippen MR) is 83.7 cm³/mol. The van der Waals surface area contributed by atoms with Gasteiger partial charge in [0.1, 0.15) is 5.75 Å². The minimum Gasteiger partial charge on any atom is -0.494 e. The van der Waals surface area contributed by atoms with Crippen LogP contribution in [0, 0.1) is 0 Å². The van der Waals surface area contributed by atoms with Crippen LogP contribution in [0.5, 0.6) is 5.75 Å².